The first-order valence-electron chi connectivity index (χ1n) is 17.6. The van der Waals surface area contributed by atoms with Crippen molar-refractivity contribution in [1.29, 1.82) is 0 Å². The first-order valence-corrected chi connectivity index (χ1v) is 21.0. The van der Waals surface area contributed by atoms with Crippen LogP contribution in [0.15, 0.2) is 192 Å². The van der Waals surface area contributed by atoms with Gasteiger partial charge in [0.15, 0.2) is 0 Å². The van der Waals surface area contributed by atoms with Crippen LogP contribution >= 0.6 is 15.8 Å². The Balaban J connectivity index is 0.00000101. The average Bonchev–Trinajstić information content (AvgIpc) is 3.21. The molecule has 0 spiro atoms. The number of hydrogen-bond acceptors (Lipinski definition) is 2. The molecular formula is C46H48FeN4P2+2. The molecule has 4 nitrogen and oxygen atoms in total. The summed E-state index contributed by atoms with van der Waals surface area (Å²) in [5.41, 5.74) is 2.35. The quantitative estimate of drug-likeness (QED) is 0.0638. The predicted molar refractivity (Wildman–Crippen MR) is 236 cm³/mol. The summed E-state index contributed by atoms with van der Waals surface area (Å²) in [4.78, 5) is 10.7. The summed E-state index contributed by atoms with van der Waals surface area (Å²) in [6.07, 6.45) is 8.17. The van der Waals surface area contributed by atoms with E-state index in [9.17, 15) is 0 Å². The summed E-state index contributed by atoms with van der Waals surface area (Å²) in [6.45, 7) is 3.11. The Morgan fingerprint density at radius 1 is 0.415 bits per heavy atom. The standard InChI is InChI=1S/C42H38N2P2.2C2H4N.Fe/c1-7-19-35(20-8-1)41(43-31-33-45(37-23-11-3-12-24-37)38-25-13-4-14-26-38)42(36-21-9-2-10-22-36)44-32-34-46(39-27-15-5-16-28-39)40-29-17-6-18-30-40;2*1-2-3;/h1-32,41-42H,33-34H2;2*2H,1H3;/q;2*-1;+2/p+2/t41-,42-;;;/m1.../s1. The maximum absolute atomic E-state index is 7.44. The number of aliphatic imine (C=N–C) groups is 2. The van der Waals surface area contributed by atoms with Gasteiger partial charge in [-0.05, 0) is 59.7 Å². The second-order valence-corrected chi connectivity index (χ2v) is 16.8. The van der Waals surface area contributed by atoms with E-state index in [-0.39, 0.29) is 29.2 Å². The normalized spacial score (nSPS) is 11.8. The van der Waals surface area contributed by atoms with Crippen molar-refractivity contribution in [2.45, 2.75) is 25.9 Å². The van der Waals surface area contributed by atoms with E-state index in [2.05, 4.69) is 194 Å². The van der Waals surface area contributed by atoms with Crippen LogP contribution in [0.3, 0.4) is 0 Å². The molecular weight excluding hydrogens is 726 g/mol. The molecule has 0 aromatic heterocycles. The van der Waals surface area contributed by atoms with Gasteiger partial charge in [-0.25, -0.2) is 12.4 Å². The van der Waals surface area contributed by atoms with E-state index in [1.54, 1.807) is 13.8 Å². The van der Waals surface area contributed by atoms with E-state index in [4.69, 9.17) is 20.8 Å². The van der Waals surface area contributed by atoms with E-state index in [1.807, 2.05) is 0 Å². The summed E-state index contributed by atoms with van der Waals surface area (Å²) in [6, 6.07) is 64.7. The van der Waals surface area contributed by atoms with Gasteiger partial charge in [0.2, 0.25) is 0 Å². The van der Waals surface area contributed by atoms with Crippen LogP contribution in [0, 0.1) is 0 Å². The second kappa shape index (κ2) is 25.4. The molecule has 268 valence electrons. The molecule has 53 heavy (non-hydrogen) atoms. The van der Waals surface area contributed by atoms with Crippen LogP contribution in [-0.2, 0) is 17.1 Å². The summed E-state index contributed by atoms with van der Waals surface area (Å²) in [5, 5.41) is 20.5. The van der Waals surface area contributed by atoms with Gasteiger partial charge in [-0.2, -0.15) is 0 Å². The third kappa shape index (κ3) is 14.0. The molecule has 0 N–H and O–H groups in total. The molecule has 2 atom stereocenters. The van der Waals surface area contributed by atoms with Crippen LogP contribution in [0.5, 0.6) is 0 Å². The van der Waals surface area contributed by atoms with Gasteiger partial charge in [-0.3, -0.25) is 9.98 Å². The van der Waals surface area contributed by atoms with E-state index >= 15 is 0 Å². The third-order valence-corrected chi connectivity index (χ3v) is 13.5. The van der Waals surface area contributed by atoms with Crippen molar-refractivity contribution in [2.24, 2.45) is 9.98 Å². The summed E-state index contributed by atoms with van der Waals surface area (Å²) < 4.78 is 0. The SMILES string of the molecule is C(C[PH+](c1ccccc1)c1ccccc1)=N[C@H](c1ccccc1)[C@H](N=CC[PH+](c1ccccc1)c1ccccc1)c1ccccc1.CC=[N-].CC=[N-].[Fe+2]. The van der Waals surface area contributed by atoms with Crippen molar-refractivity contribution in [3.05, 3.63) is 204 Å². The van der Waals surface area contributed by atoms with Gasteiger partial charge < -0.3 is 10.8 Å². The molecule has 0 aliphatic carbocycles. The zero-order valence-electron chi connectivity index (χ0n) is 30.3. The summed E-state index contributed by atoms with van der Waals surface area (Å²) in [7, 11) is -2.08. The first kappa shape index (κ1) is 42.8. The maximum Gasteiger partial charge on any atom is 2.00 e. The van der Waals surface area contributed by atoms with Gasteiger partial charge in [0, 0.05) is 12.4 Å². The minimum Gasteiger partial charge on any atom is -0.814 e. The molecule has 7 heteroatoms. The van der Waals surface area contributed by atoms with Gasteiger partial charge in [-0.15, -0.1) is 0 Å². The topological polar surface area (TPSA) is 69.3 Å². The first-order chi connectivity index (χ1) is 25.7. The van der Waals surface area contributed by atoms with Gasteiger partial charge >= 0.3 is 17.1 Å². The maximum atomic E-state index is 7.44. The molecule has 0 saturated carbocycles. The Kier molecular flexibility index (Phi) is 20.5. The van der Waals surface area contributed by atoms with E-state index in [0.717, 1.165) is 24.8 Å². The van der Waals surface area contributed by atoms with Crippen LogP contribution in [0.25, 0.3) is 10.8 Å². The van der Waals surface area contributed by atoms with Crippen molar-refractivity contribution in [3.63, 3.8) is 0 Å². The van der Waals surface area contributed by atoms with Gasteiger partial charge in [-0.1, -0.05) is 147 Å². The number of nitrogens with zero attached hydrogens (tertiary/aromatic N) is 4. The Morgan fingerprint density at radius 2 is 0.623 bits per heavy atom. The second-order valence-electron chi connectivity index (χ2n) is 11.7. The number of rotatable bonds is 13. The minimum absolute atomic E-state index is 0. The van der Waals surface area contributed by atoms with Crippen molar-refractivity contribution in [2.75, 3.05) is 12.3 Å². The Labute approximate surface area is 329 Å². The molecule has 6 aromatic carbocycles. The Hall–Kier alpha value is -4.62. The smallest absolute Gasteiger partial charge is 0.814 e. The molecule has 0 bridgehead atoms. The molecule has 0 saturated heterocycles. The van der Waals surface area contributed by atoms with Crippen LogP contribution in [0.2, 0.25) is 0 Å². The predicted octanol–water partition coefficient (Wildman–Crippen LogP) is 9.63. The fraction of sp³-hybridized carbons (Fsp3) is 0.130. The average molecular weight is 775 g/mol. The van der Waals surface area contributed by atoms with Crippen LogP contribution in [-0.4, -0.2) is 37.2 Å². The summed E-state index contributed by atoms with van der Waals surface area (Å²) >= 11 is 0. The van der Waals surface area contributed by atoms with Crippen molar-refractivity contribution >= 4 is 61.9 Å². The monoisotopic (exact) mass is 774 g/mol. The van der Waals surface area contributed by atoms with E-state index < -0.39 is 15.8 Å². The fourth-order valence-corrected chi connectivity index (χ4v) is 10.4. The van der Waals surface area contributed by atoms with Gasteiger partial charge in [0.1, 0.15) is 24.4 Å². The molecule has 0 aliphatic rings. The van der Waals surface area contributed by atoms with Crippen LogP contribution < -0.4 is 21.2 Å². The summed E-state index contributed by atoms with van der Waals surface area (Å²) in [5.74, 6) is 0. The molecule has 0 aliphatic heterocycles. The van der Waals surface area contributed by atoms with Crippen molar-refractivity contribution < 1.29 is 17.1 Å². The van der Waals surface area contributed by atoms with Gasteiger partial charge in [0.25, 0.3) is 0 Å². The zero-order valence-corrected chi connectivity index (χ0v) is 33.4. The number of hydrogen-bond donors (Lipinski definition) is 0. The number of benzene rings is 6. The third-order valence-electron chi connectivity index (χ3n) is 8.19. The molecule has 0 heterocycles. The zero-order chi connectivity index (χ0) is 36.6. The Bertz CT molecular complexity index is 1670. The molecule has 0 amide bonds. The molecule has 0 unspecified atom stereocenters. The minimum atomic E-state index is -1.04. The largest absolute Gasteiger partial charge is 2.00 e. The molecule has 0 fully saturated rings. The van der Waals surface area contributed by atoms with Gasteiger partial charge in [0.05, 0.1) is 37.1 Å². The fourth-order valence-electron chi connectivity index (χ4n) is 5.88. The van der Waals surface area contributed by atoms with Crippen molar-refractivity contribution in [3.8, 4) is 0 Å². The Morgan fingerprint density at radius 3 is 0.849 bits per heavy atom. The molecule has 0 radical (unpaired) electrons. The molecule has 6 aromatic rings. The van der Waals surface area contributed by atoms with Crippen LogP contribution in [0.4, 0.5) is 0 Å². The van der Waals surface area contributed by atoms with Crippen molar-refractivity contribution in [1.82, 2.24) is 0 Å². The molecule has 6 rings (SSSR count). The van der Waals surface area contributed by atoms with E-state index in [0.29, 0.717) is 0 Å². The van der Waals surface area contributed by atoms with Crippen LogP contribution in [0.1, 0.15) is 37.1 Å². The van der Waals surface area contributed by atoms with E-state index in [1.165, 1.54) is 32.3 Å².